The summed E-state index contributed by atoms with van der Waals surface area (Å²) in [6.45, 7) is 2.48. The zero-order chi connectivity index (χ0) is 22.7. The van der Waals surface area contributed by atoms with Crippen LogP contribution in [-0.2, 0) is 28.7 Å². The van der Waals surface area contributed by atoms with Crippen LogP contribution in [0.4, 0.5) is 0 Å². The van der Waals surface area contributed by atoms with Gasteiger partial charge in [0.2, 0.25) is 10.0 Å². The van der Waals surface area contributed by atoms with E-state index >= 15 is 0 Å². The number of nitrogens with two attached hydrogens (primary N) is 1. The molecule has 0 saturated carbocycles. The van der Waals surface area contributed by atoms with Crippen LogP contribution in [0, 0.1) is 6.92 Å². The van der Waals surface area contributed by atoms with Gasteiger partial charge in [0.25, 0.3) is 5.56 Å². The second-order valence-corrected chi connectivity index (χ2v) is 10.1. The Morgan fingerprint density at radius 3 is 2.28 bits per heavy atom. The molecule has 0 radical (unpaired) electrons. The molecule has 2 N–H and O–H groups in total. The highest BCUT2D eigenvalue weighted by atomic mass is 32.2. The number of aromatic nitrogens is 2. The third-order valence-electron chi connectivity index (χ3n) is 5.19. The highest BCUT2D eigenvalue weighted by molar-refractivity contribution is 7.98. The smallest absolute Gasteiger partial charge is 0.262 e. The van der Waals surface area contributed by atoms with E-state index in [-0.39, 0.29) is 10.5 Å². The molecule has 4 rings (SSSR count). The lowest BCUT2D eigenvalue weighted by Crippen LogP contribution is -2.24. The molecule has 0 saturated heterocycles. The van der Waals surface area contributed by atoms with E-state index in [0.717, 1.165) is 11.1 Å². The van der Waals surface area contributed by atoms with Crippen LogP contribution in [-0.4, -0.2) is 18.0 Å². The van der Waals surface area contributed by atoms with Crippen molar-refractivity contribution in [2.75, 3.05) is 0 Å². The van der Waals surface area contributed by atoms with E-state index < -0.39 is 10.0 Å². The molecule has 0 bridgehead atoms. The SMILES string of the molecule is Cc1ccc(CSc2nc3ccccc3c(=O)n2CCc2ccc(S(N)(=O)=O)cc2)cc1. The summed E-state index contributed by atoms with van der Waals surface area (Å²) in [6, 6.07) is 22.1. The van der Waals surface area contributed by atoms with Crippen molar-refractivity contribution in [3.05, 3.63) is 99.8 Å². The molecule has 1 heterocycles. The number of thioether (sulfide) groups is 1. The zero-order valence-electron chi connectivity index (χ0n) is 17.6. The number of primary sulfonamides is 1. The van der Waals surface area contributed by atoms with Crippen molar-refractivity contribution >= 4 is 32.7 Å². The van der Waals surface area contributed by atoms with Crippen LogP contribution < -0.4 is 10.7 Å². The zero-order valence-corrected chi connectivity index (χ0v) is 19.2. The number of fused-ring (bicyclic) bond motifs is 1. The first-order valence-electron chi connectivity index (χ1n) is 10.1. The fraction of sp³-hybridized carbons (Fsp3) is 0.167. The third kappa shape index (κ3) is 5.09. The second-order valence-electron chi connectivity index (χ2n) is 7.58. The molecule has 1 aromatic heterocycles. The summed E-state index contributed by atoms with van der Waals surface area (Å²) < 4.78 is 24.6. The number of nitrogens with zero attached hydrogens (tertiary/aromatic N) is 2. The van der Waals surface area contributed by atoms with E-state index in [2.05, 4.69) is 31.2 Å². The molecule has 4 aromatic rings. The predicted octanol–water partition coefficient (Wildman–Crippen LogP) is 3.89. The van der Waals surface area contributed by atoms with Gasteiger partial charge in [-0.15, -0.1) is 0 Å². The Morgan fingerprint density at radius 2 is 1.59 bits per heavy atom. The average molecular weight is 466 g/mol. The molecular formula is C24H23N3O3S2. The lowest BCUT2D eigenvalue weighted by atomic mass is 10.1. The van der Waals surface area contributed by atoms with Crippen molar-refractivity contribution in [2.24, 2.45) is 5.14 Å². The Bertz CT molecular complexity index is 1410. The molecule has 0 spiro atoms. The van der Waals surface area contributed by atoms with Gasteiger partial charge in [0.1, 0.15) is 0 Å². The Morgan fingerprint density at radius 1 is 0.938 bits per heavy atom. The van der Waals surface area contributed by atoms with Crippen LogP contribution in [0.25, 0.3) is 10.9 Å². The number of hydrogen-bond donors (Lipinski definition) is 1. The van der Waals surface area contributed by atoms with Crippen LogP contribution in [0.5, 0.6) is 0 Å². The molecule has 0 unspecified atom stereocenters. The summed E-state index contributed by atoms with van der Waals surface area (Å²) >= 11 is 1.53. The van der Waals surface area contributed by atoms with E-state index in [1.165, 1.54) is 29.5 Å². The molecule has 164 valence electrons. The minimum atomic E-state index is -3.73. The molecule has 0 amide bonds. The van der Waals surface area contributed by atoms with Crippen molar-refractivity contribution in [1.29, 1.82) is 0 Å². The number of benzene rings is 3. The summed E-state index contributed by atoms with van der Waals surface area (Å²) in [6.07, 6.45) is 0.558. The molecule has 0 aliphatic rings. The maximum atomic E-state index is 13.2. The third-order valence-corrected chi connectivity index (χ3v) is 7.17. The van der Waals surface area contributed by atoms with Gasteiger partial charge in [0, 0.05) is 12.3 Å². The second kappa shape index (κ2) is 9.28. The first kappa shape index (κ1) is 22.3. The lowest BCUT2D eigenvalue weighted by Gasteiger charge is -2.13. The number of aryl methyl sites for hydroxylation is 2. The Labute approximate surface area is 191 Å². The van der Waals surface area contributed by atoms with Crippen molar-refractivity contribution in [2.45, 2.75) is 35.7 Å². The minimum absolute atomic E-state index is 0.0696. The van der Waals surface area contributed by atoms with Gasteiger partial charge in [-0.3, -0.25) is 9.36 Å². The number of sulfonamides is 1. The van der Waals surface area contributed by atoms with Gasteiger partial charge in [-0.2, -0.15) is 0 Å². The van der Waals surface area contributed by atoms with E-state index in [1.54, 1.807) is 22.8 Å². The molecule has 6 nitrogen and oxygen atoms in total. The number of para-hydroxylation sites is 1. The topological polar surface area (TPSA) is 95.0 Å². The minimum Gasteiger partial charge on any atom is -0.287 e. The monoisotopic (exact) mass is 465 g/mol. The van der Waals surface area contributed by atoms with E-state index in [4.69, 9.17) is 10.1 Å². The van der Waals surface area contributed by atoms with Gasteiger partial charge >= 0.3 is 0 Å². The highest BCUT2D eigenvalue weighted by Crippen LogP contribution is 2.23. The van der Waals surface area contributed by atoms with Gasteiger partial charge < -0.3 is 0 Å². The molecule has 0 atom stereocenters. The van der Waals surface area contributed by atoms with Gasteiger partial charge in [-0.1, -0.05) is 65.9 Å². The fourth-order valence-electron chi connectivity index (χ4n) is 3.37. The van der Waals surface area contributed by atoms with Gasteiger partial charge in [-0.25, -0.2) is 18.5 Å². The van der Waals surface area contributed by atoms with Crippen LogP contribution in [0.2, 0.25) is 0 Å². The highest BCUT2D eigenvalue weighted by Gasteiger charge is 2.13. The maximum absolute atomic E-state index is 13.2. The predicted molar refractivity (Wildman–Crippen MR) is 128 cm³/mol. The largest absolute Gasteiger partial charge is 0.287 e. The van der Waals surface area contributed by atoms with Crippen molar-refractivity contribution in [3.63, 3.8) is 0 Å². The molecule has 3 aromatic carbocycles. The summed E-state index contributed by atoms with van der Waals surface area (Å²) in [5.74, 6) is 0.702. The quantitative estimate of drug-likeness (QED) is 0.330. The Balaban J connectivity index is 1.62. The molecule has 8 heteroatoms. The van der Waals surface area contributed by atoms with Crippen LogP contribution in [0.3, 0.4) is 0 Å². The summed E-state index contributed by atoms with van der Waals surface area (Å²) in [4.78, 5) is 18.1. The number of hydrogen-bond acceptors (Lipinski definition) is 5. The van der Waals surface area contributed by atoms with Crippen LogP contribution >= 0.6 is 11.8 Å². The molecule has 32 heavy (non-hydrogen) atoms. The van der Waals surface area contributed by atoms with Crippen LogP contribution in [0.1, 0.15) is 16.7 Å². The number of rotatable bonds is 7. The molecule has 0 aliphatic heterocycles. The van der Waals surface area contributed by atoms with Crippen LogP contribution in [0.15, 0.2) is 87.6 Å². The Kier molecular flexibility index (Phi) is 6.45. The first-order chi connectivity index (χ1) is 15.3. The van der Waals surface area contributed by atoms with Crippen molar-refractivity contribution in [1.82, 2.24) is 9.55 Å². The average Bonchev–Trinajstić information content (AvgIpc) is 2.78. The maximum Gasteiger partial charge on any atom is 0.262 e. The van der Waals surface area contributed by atoms with Gasteiger partial charge in [0.05, 0.1) is 15.8 Å². The van der Waals surface area contributed by atoms with E-state index in [0.29, 0.717) is 34.8 Å². The van der Waals surface area contributed by atoms with E-state index in [1.807, 2.05) is 18.2 Å². The summed E-state index contributed by atoms with van der Waals surface area (Å²) in [5.41, 5.74) is 3.87. The summed E-state index contributed by atoms with van der Waals surface area (Å²) in [5, 5.41) is 6.41. The fourth-order valence-corrected chi connectivity index (χ4v) is 4.87. The van der Waals surface area contributed by atoms with E-state index in [9.17, 15) is 13.2 Å². The standard InChI is InChI=1S/C24H23N3O3S2/c1-17-6-8-19(9-7-17)16-31-24-26-22-5-3-2-4-21(22)23(28)27(24)15-14-18-10-12-20(13-11-18)32(25,29)30/h2-13H,14-16H2,1H3,(H2,25,29,30). The molecule has 0 fully saturated rings. The molecule has 0 aliphatic carbocycles. The van der Waals surface area contributed by atoms with Crippen molar-refractivity contribution in [3.8, 4) is 0 Å². The lowest BCUT2D eigenvalue weighted by molar-refractivity contribution is 0.594. The van der Waals surface area contributed by atoms with Crippen molar-refractivity contribution < 1.29 is 8.42 Å². The van der Waals surface area contributed by atoms with Gasteiger partial charge in [-0.05, 0) is 48.7 Å². The first-order valence-corrected chi connectivity index (χ1v) is 12.6. The van der Waals surface area contributed by atoms with Gasteiger partial charge in [0.15, 0.2) is 5.16 Å². The normalized spacial score (nSPS) is 11.7. The molecular weight excluding hydrogens is 442 g/mol. The Hall–Kier alpha value is -2.94. The summed E-state index contributed by atoms with van der Waals surface area (Å²) in [7, 11) is -3.73.